The molecule has 0 atom stereocenters. The molecule has 0 bridgehead atoms. The zero-order valence-corrected chi connectivity index (χ0v) is 9.04. The van der Waals surface area contributed by atoms with Gasteiger partial charge in [-0.2, -0.15) is 0 Å². The number of rotatable bonds is 3. The van der Waals surface area contributed by atoms with Crippen molar-refractivity contribution in [3.05, 3.63) is 45.8 Å². The normalized spacial score (nSPS) is 10.4. The van der Waals surface area contributed by atoms with E-state index in [1.54, 1.807) is 12.1 Å². The van der Waals surface area contributed by atoms with Crippen molar-refractivity contribution in [3.63, 3.8) is 0 Å². The van der Waals surface area contributed by atoms with Gasteiger partial charge in [0.15, 0.2) is 5.43 Å². The molecule has 0 saturated heterocycles. The Bertz CT molecular complexity index is 697. The van der Waals surface area contributed by atoms with Crippen LogP contribution in [0.25, 0.3) is 11.0 Å². The van der Waals surface area contributed by atoms with Gasteiger partial charge in [0.1, 0.15) is 5.58 Å². The van der Waals surface area contributed by atoms with E-state index in [9.17, 15) is 14.4 Å². The summed E-state index contributed by atoms with van der Waals surface area (Å²) in [5.74, 6) is -3.38. The summed E-state index contributed by atoms with van der Waals surface area (Å²) < 4.78 is 5.07. The average molecular weight is 248 g/mol. The van der Waals surface area contributed by atoms with Crippen molar-refractivity contribution in [2.75, 3.05) is 0 Å². The fraction of sp³-hybridized carbons (Fsp3) is 0.0833. The number of hydrogen-bond acceptors (Lipinski definition) is 4. The Morgan fingerprint density at radius 1 is 1.17 bits per heavy atom. The van der Waals surface area contributed by atoms with Crippen LogP contribution in [0.3, 0.4) is 0 Å². The molecule has 0 aliphatic carbocycles. The molecule has 2 aromatic rings. The molecule has 1 aromatic heterocycles. The predicted octanol–water partition coefficient (Wildman–Crippen LogP) is 1.12. The molecule has 2 N–H and O–H groups in total. The maximum atomic E-state index is 12.0. The van der Waals surface area contributed by atoms with E-state index in [0.29, 0.717) is 0 Å². The topological polar surface area (TPSA) is 105 Å². The molecule has 6 nitrogen and oxygen atoms in total. The number of carboxylic acid groups (broad SMARTS) is 2. The number of carboxylic acids is 2. The standard InChI is InChI=1S/C12H8O6/c13-9(14)5-7-10(15)6-3-1-2-4-8(6)18-11(7)12(16)17/h1-4H,5H2,(H,13,14)(H,16,17). The molecule has 0 saturated carbocycles. The van der Waals surface area contributed by atoms with Crippen molar-refractivity contribution in [1.82, 2.24) is 0 Å². The molecule has 2 rings (SSSR count). The number of aromatic carboxylic acids is 1. The van der Waals surface area contributed by atoms with Gasteiger partial charge in [-0.25, -0.2) is 4.79 Å². The van der Waals surface area contributed by atoms with Crippen LogP contribution in [-0.4, -0.2) is 22.2 Å². The summed E-state index contributed by atoms with van der Waals surface area (Å²) in [7, 11) is 0. The molecule has 18 heavy (non-hydrogen) atoms. The van der Waals surface area contributed by atoms with E-state index in [0.717, 1.165) is 0 Å². The SMILES string of the molecule is O=C(O)Cc1c(C(=O)O)oc2ccccc2c1=O. The Kier molecular flexibility index (Phi) is 2.85. The summed E-state index contributed by atoms with van der Waals surface area (Å²) in [5.41, 5.74) is -0.862. The molecule has 0 spiro atoms. The smallest absolute Gasteiger partial charge is 0.372 e. The first kappa shape index (κ1) is 11.8. The highest BCUT2D eigenvalue weighted by Gasteiger charge is 2.21. The van der Waals surface area contributed by atoms with Crippen molar-refractivity contribution >= 4 is 22.9 Å². The van der Waals surface area contributed by atoms with Gasteiger partial charge < -0.3 is 14.6 Å². The Balaban J connectivity index is 2.84. The van der Waals surface area contributed by atoms with Crippen LogP contribution in [-0.2, 0) is 11.2 Å². The first-order valence-corrected chi connectivity index (χ1v) is 5.00. The predicted molar refractivity (Wildman–Crippen MR) is 60.8 cm³/mol. The van der Waals surface area contributed by atoms with Gasteiger partial charge in [-0.1, -0.05) is 12.1 Å². The molecule has 0 unspecified atom stereocenters. The second-order valence-corrected chi connectivity index (χ2v) is 3.61. The third-order valence-electron chi connectivity index (χ3n) is 2.41. The first-order chi connectivity index (χ1) is 8.50. The maximum absolute atomic E-state index is 12.0. The van der Waals surface area contributed by atoms with Gasteiger partial charge in [0.2, 0.25) is 5.76 Å². The summed E-state index contributed by atoms with van der Waals surface area (Å²) in [5, 5.41) is 17.8. The second-order valence-electron chi connectivity index (χ2n) is 3.61. The fourth-order valence-corrected chi connectivity index (χ4v) is 1.66. The van der Waals surface area contributed by atoms with Crippen molar-refractivity contribution in [2.45, 2.75) is 6.42 Å². The van der Waals surface area contributed by atoms with E-state index < -0.39 is 29.5 Å². The van der Waals surface area contributed by atoms with E-state index >= 15 is 0 Å². The van der Waals surface area contributed by atoms with Gasteiger partial charge in [0.05, 0.1) is 17.4 Å². The molecule has 0 aliphatic heterocycles. The minimum absolute atomic E-state index is 0.119. The molecule has 0 aliphatic rings. The lowest BCUT2D eigenvalue weighted by Gasteiger charge is -2.04. The number of aliphatic carboxylic acids is 1. The fourth-order valence-electron chi connectivity index (χ4n) is 1.66. The third kappa shape index (κ3) is 1.95. The minimum atomic E-state index is -1.46. The quantitative estimate of drug-likeness (QED) is 0.843. The lowest BCUT2D eigenvalue weighted by atomic mass is 10.1. The molecule has 1 heterocycles. The first-order valence-electron chi connectivity index (χ1n) is 5.00. The zero-order valence-electron chi connectivity index (χ0n) is 9.04. The van der Waals surface area contributed by atoms with Crippen LogP contribution in [0.1, 0.15) is 16.1 Å². The maximum Gasteiger partial charge on any atom is 0.372 e. The van der Waals surface area contributed by atoms with E-state index in [-0.39, 0.29) is 16.5 Å². The Hall–Kier alpha value is -2.63. The molecule has 0 fully saturated rings. The molecule has 0 radical (unpaired) electrons. The lowest BCUT2D eigenvalue weighted by molar-refractivity contribution is -0.136. The van der Waals surface area contributed by atoms with Gasteiger partial charge in [0, 0.05) is 0 Å². The van der Waals surface area contributed by atoms with E-state index in [4.69, 9.17) is 14.6 Å². The summed E-state index contributed by atoms with van der Waals surface area (Å²) in [6.45, 7) is 0. The van der Waals surface area contributed by atoms with Crippen LogP contribution < -0.4 is 5.43 Å². The number of fused-ring (bicyclic) bond motifs is 1. The van der Waals surface area contributed by atoms with E-state index in [1.807, 2.05) is 0 Å². The molecule has 6 heteroatoms. The van der Waals surface area contributed by atoms with Crippen molar-refractivity contribution in [1.29, 1.82) is 0 Å². The van der Waals surface area contributed by atoms with Gasteiger partial charge in [0.25, 0.3) is 0 Å². The largest absolute Gasteiger partial charge is 0.481 e. The van der Waals surface area contributed by atoms with Crippen molar-refractivity contribution in [3.8, 4) is 0 Å². The molecule has 92 valence electrons. The summed E-state index contributed by atoms with van der Waals surface area (Å²) in [6, 6.07) is 6.09. The molecular formula is C12H8O6. The Morgan fingerprint density at radius 3 is 2.44 bits per heavy atom. The van der Waals surface area contributed by atoms with Gasteiger partial charge >= 0.3 is 11.9 Å². The van der Waals surface area contributed by atoms with Gasteiger partial charge in [-0.3, -0.25) is 9.59 Å². The van der Waals surface area contributed by atoms with Crippen LogP contribution >= 0.6 is 0 Å². The Labute approximate surface area is 100 Å². The molecular weight excluding hydrogens is 240 g/mol. The zero-order chi connectivity index (χ0) is 13.3. The van der Waals surface area contributed by atoms with Gasteiger partial charge in [-0.05, 0) is 12.1 Å². The van der Waals surface area contributed by atoms with Crippen LogP contribution in [0, 0.1) is 0 Å². The number of para-hydroxylation sites is 1. The molecule has 0 amide bonds. The average Bonchev–Trinajstić information content (AvgIpc) is 2.32. The summed E-state index contributed by atoms with van der Waals surface area (Å²) in [4.78, 5) is 33.6. The highest BCUT2D eigenvalue weighted by Crippen LogP contribution is 2.16. The Morgan fingerprint density at radius 2 is 1.83 bits per heavy atom. The van der Waals surface area contributed by atoms with Crippen LogP contribution in [0.2, 0.25) is 0 Å². The minimum Gasteiger partial charge on any atom is -0.481 e. The summed E-state index contributed by atoms with van der Waals surface area (Å²) >= 11 is 0. The van der Waals surface area contributed by atoms with Crippen molar-refractivity contribution in [2.24, 2.45) is 0 Å². The number of hydrogen-bond donors (Lipinski definition) is 2. The van der Waals surface area contributed by atoms with E-state index in [1.165, 1.54) is 12.1 Å². The third-order valence-corrected chi connectivity index (χ3v) is 2.41. The van der Waals surface area contributed by atoms with Crippen molar-refractivity contribution < 1.29 is 24.2 Å². The monoisotopic (exact) mass is 248 g/mol. The molecule has 1 aromatic carbocycles. The number of carbonyl (C=O) groups is 2. The highest BCUT2D eigenvalue weighted by molar-refractivity contribution is 5.91. The summed E-state index contributed by atoms with van der Waals surface area (Å²) in [6.07, 6.45) is -0.686. The highest BCUT2D eigenvalue weighted by atomic mass is 16.4. The lowest BCUT2D eigenvalue weighted by Crippen LogP contribution is -2.19. The van der Waals surface area contributed by atoms with E-state index in [2.05, 4.69) is 0 Å². The van der Waals surface area contributed by atoms with Crippen LogP contribution in [0.15, 0.2) is 33.5 Å². The van der Waals surface area contributed by atoms with Crippen LogP contribution in [0.5, 0.6) is 0 Å². The number of benzene rings is 1. The second kappa shape index (κ2) is 4.33. The van der Waals surface area contributed by atoms with Gasteiger partial charge in [-0.15, -0.1) is 0 Å². The van der Waals surface area contributed by atoms with Crippen LogP contribution in [0.4, 0.5) is 0 Å².